The standard InChI is InChI=1S/C12H21N3/c1-3-11-5-4-6-12(11)13-7-10-8-14-15(2)9-10/h8-9,11-13H,3-7H2,1-2H3. The average Bonchev–Trinajstić information content (AvgIpc) is 2.83. The second-order valence-electron chi connectivity index (χ2n) is 4.61. The lowest BCUT2D eigenvalue weighted by Crippen LogP contribution is -2.31. The van der Waals surface area contributed by atoms with E-state index in [1.165, 1.54) is 31.2 Å². The molecule has 0 spiro atoms. The zero-order valence-corrected chi connectivity index (χ0v) is 9.74. The molecule has 1 heterocycles. The normalized spacial score (nSPS) is 26.0. The number of nitrogens with one attached hydrogen (secondary N) is 1. The van der Waals surface area contributed by atoms with Crippen molar-refractivity contribution in [1.82, 2.24) is 15.1 Å². The van der Waals surface area contributed by atoms with Crippen LogP contribution in [0.1, 0.15) is 38.2 Å². The molecule has 2 atom stereocenters. The Morgan fingerprint density at radius 3 is 3.07 bits per heavy atom. The summed E-state index contributed by atoms with van der Waals surface area (Å²) in [7, 11) is 1.97. The van der Waals surface area contributed by atoms with Gasteiger partial charge in [-0.1, -0.05) is 19.8 Å². The Hall–Kier alpha value is -0.830. The molecule has 1 aromatic heterocycles. The van der Waals surface area contributed by atoms with Crippen molar-refractivity contribution in [3.63, 3.8) is 0 Å². The van der Waals surface area contributed by atoms with Gasteiger partial charge in [-0.15, -0.1) is 0 Å². The van der Waals surface area contributed by atoms with E-state index >= 15 is 0 Å². The molecule has 3 heteroatoms. The van der Waals surface area contributed by atoms with Crippen LogP contribution in [0.5, 0.6) is 0 Å². The van der Waals surface area contributed by atoms with E-state index in [1.807, 2.05) is 17.9 Å². The van der Waals surface area contributed by atoms with Gasteiger partial charge in [0.1, 0.15) is 0 Å². The number of aromatic nitrogens is 2. The van der Waals surface area contributed by atoms with E-state index < -0.39 is 0 Å². The summed E-state index contributed by atoms with van der Waals surface area (Å²) in [5.74, 6) is 0.890. The fraction of sp³-hybridized carbons (Fsp3) is 0.750. The number of hydrogen-bond acceptors (Lipinski definition) is 2. The molecule has 15 heavy (non-hydrogen) atoms. The van der Waals surface area contributed by atoms with Gasteiger partial charge in [0, 0.05) is 31.4 Å². The number of nitrogens with zero attached hydrogens (tertiary/aromatic N) is 2. The highest BCUT2D eigenvalue weighted by Crippen LogP contribution is 2.28. The Morgan fingerprint density at radius 2 is 2.40 bits per heavy atom. The molecule has 84 valence electrons. The van der Waals surface area contributed by atoms with Crippen LogP contribution in [0.3, 0.4) is 0 Å². The monoisotopic (exact) mass is 207 g/mol. The first-order valence-corrected chi connectivity index (χ1v) is 6.00. The van der Waals surface area contributed by atoms with Gasteiger partial charge in [-0.05, 0) is 18.8 Å². The Labute approximate surface area is 91.9 Å². The van der Waals surface area contributed by atoms with E-state index in [0.717, 1.165) is 18.5 Å². The molecular formula is C12H21N3. The van der Waals surface area contributed by atoms with Gasteiger partial charge in [-0.25, -0.2) is 0 Å². The number of hydrogen-bond donors (Lipinski definition) is 1. The first kappa shape index (κ1) is 10.7. The van der Waals surface area contributed by atoms with Crippen molar-refractivity contribution < 1.29 is 0 Å². The van der Waals surface area contributed by atoms with Crippen LogP contribution >= 0.6 is 0 Å². The summed E-state index contributed by atoms with van der Waals surface area (Å²) in [6, 6.07) is 0.732. The SMILES string of the molecule is CCC1CCCC1NCc1cnn(C)c1. The maximum Gasteiger partial charge on any atom is 0.0534 e. The van der Waals surface area contributed by atoms with Crippen LogP contribution in [0.4, 0.5) is 0 Å². The molecule has 1 N–H and O–H groups in total. The maximum absolute atomic E-state index is 4.18. The van der Waals surface area contributed by atoms with Gasteiger partial charge in [0.2, 0.25) is 0 Å². The van der Waals surface area contributed by atoms with Crippen molar-refractivity contribution in [2.75, 3.05) is 0 Å². The second kappa shape index (κ2) is 4.79. The van der Waals surface area contributed by atoms with E-state index in [1.54, 1.807) is 0 Å². The Morgan fingerprint density at radius 1 is 1.53 bits per heavy atom. The summed E-state index contributed by atoms with van der Waals surface area (Å²) in [4.78, 5) is 0. The molecule has 0 bridgehead atoms. The highest BCUT2D eigenvalue weighted by molar-refractivity contribution is 5.03. The molecule has 0 aromatic carbocycles. The van der Waals surface area contributed by atoms with Crippen LogP contribution in [0.15, 0.2) is 12.4 Å². The second-order valence-corrected chi connectivity index (χ2v) is 4.61. The summed E-state index contributed by atoms with van der Waals surface area (Å²) in [6.45, 7) is 3.27. The van der Waals surface area contributed by atoms with Crippen molar-refractivity contribution in [2.45, 2.75) is 45.2 Å². The number of rotatable bonds is 4. The van der Waals surface area contributed by atoms with Crippen LogP contribution < -0.4 is 5.32 Å². The van der Waals surface area contributed by atoms with E-state index in [0.29, 0.717) is 0 Å². The predicted octanol–water partition coefficient (Wildman–Crippen LogP) is 2.09. The third kappa shape index (κ3) is 2.59. The summed E-state index contributed by atoms with van der Waals surface area (Å²) >= 11 is 0. The summed E-state index contributed by atoms with van der Waals surface area (Å²) < 4.78 is 1.86. The Kier molecular flexibility index (Phi) is 3.41. The molecule has 1 fully saturated rings. The zero-order chi connectivity index (χ0) is 10.7. The maximum atomic E-state index is 4.18. The smallest absolute Gasteiger partial charge is 0.0534 e. The van der Waals surface area contributed by atoms with Crippen LogP contribution in [-0.4, -0.2) is 15.8 Å². The molecule has 2 rings (SSSR count). The third-order valence-electron chi connectivity index (χ3n) is 3.51. The van der Waals surface area contributed by atoms with Gasteiger partial charge in [0.15, 0.2) is 0 Å². The fourth-order valence-corrected chi connectivity index (χ4v) is 2.61. The van der Waals surface area contributed by atoms with E-state index in [9.17, 15) is 0 Å². The van der Waals surface area contributed by atoms with Crippen LogP contribution in [0, 0.1) is 5.92 Å². The predicted molar refractivity (Wildman–Crippen MR) is 61.5 cm³/mol. The van der Waals surface area contributed by atoms with Gasteiger partial charge in [0.25, 0.3) is 0 Å². The topological polar surface area (TPSA) is 29.9 Å². The van der Waals surface area contributed by atoms with Crippen molar-refractivity contribution >= 4 is 0 Å². The molecule has 0 radical (unpaired) electrons. The Bertz CT molecular complexity index is 306. The lowest BCUT2D eigenvalue weighted by molar-refractivity contribution is 0.389. The fourth-order valence-electron chi connectivity index (χ4n) is 2.61. The molecule has 0 amide bonds. The molecular weight excluding hydrogens is 186 g/mol. The minimum absolute atomic E-state index is 0.732. The highest BCUT2D eigenvalue weighted by atomic mass is 15.2. The molecule has 1 aliphatic rings. The lowest BCUT2D eigenvalue weighted by Gasteiger charge is -2.19. The molecule has 1 saturated carbocycles. The van der Waals surface area contributed by atoms with E-state index in [2.05, 4.69) is 23.5 Å². The molecule has 0 saturated heterocycles. The van der Waals surface area contributed by atoms with Gasteiger partial charge in [-0.3, -0.25) is 4.68 Å². The summed E-state index contributed by atoms with van der Waals surface area (Å²) in [5, 5.41) is 7.84. The molecule has 0 aliphatic heterocycles. The van der Waals surface area contributed by atoms with Crippen molar-refractivity contribution in [2.24, 2.45) is 13.0 Å². The van der Waals surface area contributed by atoms with E-state index in [4.69, 9.17) is 0 Å². The van der Waals surface area contributed by atoms with E-state index in [-0.39, 0.29) is 0 Å². The van der Waals surface area contributed by atoms with Crippen LogP contribution in [0.2, 0.25) is 0 Å². The van der Waals surface area contributed by atoms with Crippen molar-refractivity contribution in [1.29, 1.82) is 0 Å². The van der Waals surface area contributed by atoms with Gasteiger partial charge in [-0.2, -0.15) is 5.10 Å². The van der Waals surface area contributed by atoms with Gasteiger partial charge in [0.05, 0.1) is 6.20 Å². The van der Waals surface area contributed by atoms with Crippen molar-refractivity contribution in [3.05, 3.63) is 18.0 Å². The molecule has 1 aliphatic carbocycles. The third-order valence-corrected chi connectivity index (χ3v) is 3.51. The van der Waals surface area contributed by atoms with Gasteiger partial charge >= 0.3 is 0 Å². The molecule has 3 nitrogen and oxygen atoms in total. The summed E-state index contributed by atoms with van der Waals surface area (Å²) in [6.07, 6.45) is 9.49. The minimum atomic E-state index is 0.732. The Balaban J connectivity index is 1.82. The van der Waals surface area contributed by atoms with Crippen LogP contribution in [-0.2, 0) is 13.6 Å². The zero-order valence-electron chi connectivity index (χ0n) is 9.74. The molecule has 2 unspecified atom stereocenters. The first-order valence-electron chi connectivity index (χ1n) is 6.00. The van der Waals surface area contributed by atoms with Gasteiger partial charge < -0.3 is 5.32 Å². The number of aryl methyl sites for hydroxylation is 1. The molecule has 1 aromatic rings. The van der Waals surface area contributed by atoms with Crippen LogP contribution in [0.25, 0.3) is 0 Å². The quantitative estimate of drug-likeness (QED) is 0.819. The highest BCUT2D eigenvalue weighted by Gasteiger charge is 2.24. The summed E-state index contributed by atoms with van der Waals surface area (Å²) in [5.41, 5.74) is 1.29. The minimum Gasteiger partial charge on any atom is -0.310 e. The van der Waals surface area contributed by atoms with Crippen molar-refractivity contribution in [3.8, 4) is 0 Å². The first-order chi connectivity index (χ1) is 7.29. The average molecular weight is 207 g/mol. The largest absolute Gasteiger partial charge is 0.310 e. The lowest BCUT2D eigenvalue weighted by atomic mass is 10.0.